The second-order valence-corrected chi connectivity index (χ2v) is 9.25. The van der Waals surface area contributed by atoms with Gasteiger partial charge in [-0.3, -0.25) is 4.57 Å². The van der Waals surface area contributed by atoms with E-state index in [0.717, 1.165) is 24.5 Å². The number of fused-ring (bicyclic) bond motifs is 1. The standard InChI is InChI=1S/C22H16F4N2O3S/c1-13-8-15(31-16-9-14(23)10-17(11-16)32(2,29)30)6-7-19(13)28-12-27-21-18(22(24,25)26)4-3-5-20(21)28/h3-12H,1-2H3. The molecule has 5 nitrogen and oxygen atoms in total. The molecular formula is C22H16F4N2O3S. The minimum absolute atomic E-state index is 0.000439. The average Bonchev–Trinajstić information content (AvgIpc) is 3.10. The summed E-state index contributed by atoms with van der Waals surface area (Å²) in [5.41, 5.74) is 0.542. The number of hydrogen-bond donors (Lipinski definition) is 0. The van der Waals surface area contributed by atoms with Crippen LogP contribution in [-0.2, 0) is 16.0 Å². The van der Waals surface area contributed by atoms with E-state index < -0.39 is 27.4 Å². The Hall–Kier alpha value is -3.40. The molecule has 3 aromatic carbocycles. The first-order chi connectivity index (χ1) is 14.9. The highest BCUT2D eigenvalue weighted by atomic mass is 32.2. The summed E-state index contributed by atoms with van der Waals surface area (Å²) in [7, 11) is -3.63. The van der Waals surface area contributed by atoms with E-state index >= 15 is 0 Å². The van der Waals surface area contributed by atoms with Gasteiger partial charge in [-0.15, -0.1) is 0 Å². The second kappa shape index (κ2) is 7.63. The zero-order valence-corrected chi connectivity index (χ0v) is 17.6. The van der Waals surface area contributed by atoms with E-state index in [2.05, 4.69) is 4.98 Å². The van der Waals surface area contributed by atoms with Gasteiger partial charge < -0.3 is 4.74 Å². The van der Waals surface area contributed by atoms with Crippen LogP contribution in [0.1, 0.15) is 11.1 Å². The summed E-state index contributed by atoms with van der Waals surface area (Å²) < 4.78 is 84.2. The number of aryl methyl sites for hydroxylation is 1. The van der Waals surface area contributed by atoms with Gasteiger partial charge in [-0.05, 0) is 55.0 Å². The van der Waals surface area contributed by atoms with Gasteiger partial charge in [0.25, 0.3) is 0 Å². The van der Waals surface area contributed by atoms with Gasteiger partial charge in [0.2, 0.25) is 0 Å². The maximum Gasteiger partial charge on any atom is 0.418 e. The molecule has 0 unspecified atom stereocenters. The van der Waals surface area contributed by atoms with Gasteiger partial charge in [0.15, 0.2) is 9.84 Å². The smallest absolute Gasteiger partial charge is 0.418 e. The number of rotatable bonds is 4. The van der Waals surface area contributed by atoms with Crippen molar-refractivity contribution in [3.63, 3.8) is 0 Å². The number of nitrogens with zero attached hydrogens (tertiary/aromatic N) is 2. The molecule has 1 heterocycles. The lowest BCUT2D eigenvalue weighted by Gasteiger charge is -2.13. The van der Waals surface area contributed by atoms with E-state index in [9.17, 15) is 26.0 Å². The monoisotopic (exact) mass is 464 g/mol. The van der Waals surface area contributed by atoms with Crippen LogP contribution in [0.5, 0.6) is 11.5 Å². The number of aromatic nitrogens is 2. The van der Waals surface area contributed by atoms with Crippen molar-refractivity contribution in [3.05, 3.63) is 77.9 Å². The second-order valence-electron chi connectivity index (χ2n) is 7.23. The molecule has 0 saturated heterocycles. The van der Waals surface area contributed by atoms with Crippen LogP contribution in [0.25, 0.3) is 16.7 Å². The molecule has 4 aromatic rings. The summed E-state index contributed by atoms with van der Waals surface area (Å²) in [4.78, 5) is 3.73. The van der Waals surface area contributed by atoms with Crippen LogP contribution in [0.4, 0.5) is 17.6 Å². The molecule has 0 bridgehead atoms. The van der Waals surface area contributed by atoms with Crippen molar-refractivity contribution in [2.24, 2.45) is 0 Å². The Morgan fingerprint density at radius 2 is 1.75 bits per heavy atom. The van der Waals surface area contributed by atoms with Crippen molar-refractivity contribution < 1.29 is 30.7 Å². The zero-order chi connectivity index (χ0) is 23.3. The number of halogens is 4. The third-order valence-corrected chi connectivity index (χ3v) is 5.91. The number of alkyl halides is 3. The Morgan fingerprint density at radius 1 is 1.00 bits per heavy atom. The Bertz CT molecular complexity index is 1440. The number of sulfone groups is 1. The van der Waals surface area contributed by atoms with Gasteiger partial charge in [0.1, 0.15) is 29.2 Å². The molecule has 0 radical (unpaired) electrons. The van der Waals surface area contributed by atoms with Crippen LogP contribution in [0.3, 0.4) is 0 Å². The van der Waals surface area contributed by atoms with E-state index in [1.54, 1.807) is 31.2 Å². The zero-order valence-electron chi connectivity index (χ0n) is 16.8. The van der Waals surface area contributed by atoms with Crippen molar-refractivity contribution in [1.29, 1.82) is 0 Å². The Balaban J connectivity index is 1.71. The molecule has 1 aromatic heterocycles. The van der Waals surface area contributed by atoms with Crippen molar-refractivity contribution in [2.75, 3.05) is 6.26 Å². The lowest BCUT2D eigenvalue weighted by molar-refractivity contribution is -0.136. The highest BCUT2D eigenvalue weighted by Gasteiger charge is 2.33. The van der Waals surface area contributed by atoms with Crippen molar-refractivity contribution in [3.8, 4) is 17.2 Å². The van der Waals surface area contributed by atoms with Crippen LogP contribution in [0.15, 0.2) is 65.8 Å². The Labute approximate surface area is 180 Å². The first kappa shape index (κ1) is 21.8. The molecule has 0 aliphatic carbocycles. The fourth-order valence-electron chi connectivity index (χ4n) is 3.37. The molecule has 10 heteroatoms. The molecule has 0 N–H and O–H groups in total. The normalized spacial score (nSPS) is 12.3. The summed E-state index contributed by atoms with van der Waals surface area (Å²) in [5.74, 6) is -0.459. The number of benzene rings is 3. The molecule has 0 spiro atoms. The molecule has 0 amide bonds. The van der Waals surface area contributed by atoms with Gasteiger partial charge in [0.05, 0.1) is 21.7 Å². The van der Waals surface area contributed by atoms with Crippen LogP contribution < -0.4 is 4.74 Å². The third kappa shape index (κ3) is 4.18. The summed E-state index contributed by atoms with van der Waals surface area (Å²) >= 11 is 0. The van der Waals surface area contributed by atoms with Crippen LogP contribution in [0, 0.1) is 12.7 Å². The fraction of sp³-hybridized carbons (Fsp3) is 0.136. The molecule has 0 fully saturated rings. The van der Waals surface area contributed by atoms with E-state index in [1.165, 1.54) is 23.0 Å². The largest absolute Gasteiger partial charge is 0.457 e. The third-order valence-electron chi connectivity index (χ3n) is 4.82. The molecule has 0 saturated carbocycles. The molecule has 32 heavy (non-hydrogen) atoms. The topological polar surface area (TPSA) is 61.2 Å². The summed E-state index contributed by atoms with van der Waals surface area (Å²) in [6, 6.07) is 11.8. The molecule has 0 atom stereocenters. The van der Waals surface area contributed by atoms with Crippen molar-refractivity contribution in [2.45, 2.75) is 18.0 Å². The number of ether oxygens (including phenoxy) is 1. The molecular weight excluding hydrogens is 448 g/mol. The quantitative estimate of drug-likeness (QED) is 0.364. The van der Waals surface area contributed by atoms with Gasteiger partial charge in [-0.2, -0.15) is 13.2 Å². The minimum Gasteiger partial charge on any atom is -0.457 e. The van der Waals surface area contributed by atoms with E-state index in [4.69, 9.17) is 4.74 Å². The number of para-hydroxylation sites is 1. The van der Waals surface area contributed by atoms with E-state index in [-0.39, 0.29) is 16.2 Å². The van der Waals surface area contributed by atoms with Gasteiger partial charge in [-0.1, -0.05) is 6.07 Å². The highest BCUT2D eigenvalue weighted by Crippen LogP contribution is 2.35. The molecule has 4 rings (SSSR count). The van der Waals surface area contributed by atoms with Gasteiger partial charge in [0, 0.05) is 12.3 Å². The van der Waals surface area contributed by atoms with Crippen LogP contribution >= 0.6 is 0 Å². The Kier molecular flexibility index (Phi) is 5.20. The first-order valence-electron chi connectivity index (χ1n) is 9.26. The average molecular weight is 464 g/mol. The maximum absolute atomic E-state index is 13.8. The summed E-state index contributed by atoms with van der Waals surface area (Å²) in [5, 5.41) is 0. The SMILES string of the molecule is Cc1cc(Oc2cc(F)cc(S(C)(=O)=O)c2)ccc1-n1cnc2c(C(F)(F)F)cccc21. The molecule has 0 aliphatic heterocycles. The van der Waals surface area contributed by atoms with Gasteiger partial charge >= 0.3 is 6.18 Å². The van der Waals surface area contributed by atoms with Crippen molar-refractivity contribution in [1.82, 2.24) is 9.55 Å². The fourth-order valence-corrected chi connectivity index (χ4v) is 4.02. The predicted octanol–water partition coefficient (Wildman–Crippen LogP) is 5.69. The predicted molar refractivity (Wildman–Crippen MR) is 110 cm³/mol. The highest BCUT2D eigenvalue weighted by molar-refractivity contribution is 7.90. The van der Waals surface area contributed by atoms with Crippen LogP contribution in [-0.4, -0.2) is 24.2 Å². The number of imidazole rings is 1. The van der Waals surface area contributed by atoms with Crippen LogP contribution in [0.2, 0.25) is 0 Å². The lowest BCUT2D eigenvalue weighted by Crippen LogP contribution is -2.05. The van der Waals surface area contributed by atoms with Crippen molar-refractivity contribution >= 4 is 20.9 Å². The summed E-state index contributed by atoms with van der Waals surface area (Å²) in [6.07, 6.45) is -2.25. The minimum atomic E-state index is -4.53. The van der Waals surface area contributed by atoms with Gasteiger partial charge in [-0.25, -0.2) is 17.8 Å². The van der Waals surface area contributed by atoms with E-state index in [0.29, 0.717) is 22.5 Å². The van der Waals surface area contributed by atoms with E-state index in [1.807, 2.05) is 0 Å². The maximum atomic E-state index is 13.8. The lowest BCUT2D eigenvalue weighted by atomic mass is 10.1. The number of hydrogen-bond acceptors (Lipinski definition) is 4. The molecule has 166 valence electrons. The molecule has 0 aliphatic rings. The first-order valence-corrected chi connectivity index (χ1v) is 11.2. The summed E-state index contributed by atoms with van der Waals surface area (Å²) in [6.45, 7) is 1.73. The Morgan fingerprint density at radius 3 is 2.41 bits per heavy atom.